The SMILES string of the molecule is O=C(CCCO[N+](=O)[O-])N(C1=NCCO1)C(C1CC1)C1CC1. The first-order valence-electron chi connectivity index (χ1n) is 7.93. The van der Waals surface area contributed by atoms with Crippen molar-refractivity contribution in [2.45, 2.75) is 44.6 Å². The number of aliphatic imine (C=N–C) groups is 1. The van der Waals surface area contributed by atoms with Crippen molar-refractivity contribution < 1.29 is 19.5 Å². The monoisotopic (exact) mass is 311 g/mol. The third-order valence-electron chi connectivity index (χ3n) is 4.28. The third kappa shape index (κ3) is 3.66. The highest BCUT2D eigenvalue weighted by Gasteiger charge is 2.48. The zero-order chi connectivity index (χ0) is 15.5. The van der Waals surface area contributed by atoms with E-state index in [2.05, 4.69) is 9.83 Å². The van der Waals surface area contributed by atoms with Crippen LogP contribution in [0.15, 0.2) is 4.99 Å². The number of hydrogen-bond donors (Lipinski definition) is 0. The smallest absolute Gasteiger partial charge is 0.294 e. The molecule has 1 aliphatic heterocycles. The molecule has 1 amide bonds. The van der Waals surface area contributed by atoms with E-state index in [1.165, 1.54) is 0 Å². The molecule has 0 unspecified atom stereocenters. The maximum Gasteiger partial charge on any atom is 0.294 e. The van der Waals surface area contributed by atoms with Gasteiger partial charge in [0.1, 0.15) is 6.61 Å². The van der Waals surface area contributed by atoms with Crippen molar-refractivity contribution in [2.75, 3.05) is 19.8 Å². The molecule has 0 N–H and O–H groups in total. The number of amidine groups is 1. The lowest BCUT2D eigenvalue weighted by Crippen LogP contribution is -2.47. The van der Waals surface area contributed by atoms with Crippen LogP contribution in [0.1, 0.15) is 38.5 Å². The zero-order valence-electron chi connectivity index (χ0n) is 12.5. The molecule has 8 nitrogen and oxygen atoms in total. The first kappa shape index (κ1) is 15.1. The van der Waals surface area contributed by atoms with Gasteiger partial charge < -0.3 is 9.57 Å². The van der Waals surface area contributed by atoms with Gasteiger partial charge in [-0.15, -0.1) is 10.1 Å². The van der Waals surface area contributed by atoms with Crippen molar-refractivity contribution in [3.63, 3.8) is 0 Å². The molecule has 2 aliphatic carbocycles. The number of nitrogens with zero attached hydrogens (tertiary/aromatic N) is 3. The van der Waals surface area contributed by atoms with Crippen LogP contribution in [-0.4, -0.2) is 47.7 Å². The molecule has 3 aliphatic rings. The number of carbonyl (C=O) groups excluding carboxylic acids is 1. The second kappa shape index (κ2) is 6.50. The van der Waals surface area contributed by atoms with Crippen LogP contribution >= 0.6 is 0 Å². The minimum Gasteiger partial charge on any atom is -0.463 e. The van der Waals surface area contributed by atoms with Crippen LogP contribution in [0.5, 0.6) is 0 Å². The zero-order valence-corrected chi connectivity index (χ0v) is 12.5. The van der Waals surface area contributed by atoms with E-state index < -0.39 is 5.09 Å². The van der Waals surface area contributed by atoms with Crippen molar-refractivity contribution in [3.8, 4) is 0 Å². The van der Waals surface area contributed by atoms with Crippen molar-refractivity contribution in [1.29, 1.82) is 0 Å². The minimum absolute atomic E-state index is 0.0581. The molecule has 0 spiro atoms. The second-order valence-electron chi connectivity index (χ2n) is 6.10. The Morgan fingerprint density at radius 2 is 2.09 bits per heavy atom. The maximum absolute atomic E-state index is 12.6. The summed E-state index contributed by atoms with van der Waals surface area (Å²) in [5.74, 6) is 1.05. The normalized spacial score (nSPS) is 20.5. The second-order valence-corrected chi connectivity index (χ2v) is 6.10. The molecule has 1 heterocycles. The predicted octanol–water partition coefficient (Wildman–Crippen LogP) is 1.38. The van der Waals surface area contributed by atoms with Crippen molar-refractivity contribution in [3.05, 3.63) is 10.1 Å². The fraction of sp³-hybridized carbons (Fsp3) is 0.857. The Kier molecular flexibility index (Phi) is 4.44. The highest BCUT2D eigenvalue weighted by molar-refractivity contribution is 5.95. The van der Waals surface area contributed by atoms with Crippen LogP contribution in [0, 0.1) is 22.0 Å². The maximum atomic E-state index is 12.6. The van der Waals surface area contributed by atoms with Crippen molar-refractivity contribution >= 4 is 11.9 Å². The Labute approximate surface area is 128 Å². The van der Waals surface area contributed by atoms with Crippen LogP contribution in [0.3, 0.4) is 0 Å². The quantitative estimate of drug-likeness (QED) is 0.383. The van der Waals surface area contributed by atoms with E-state index in [0.717, 1.165) is 25.7 Å². The van der Waals surface area contributed by atoms with Crippen molar-refractivity contribution in [2.24, 2.45) is 16.8 Å². The molecule has 22 heavy (non-hydrogen) atoms. The summed E-state index contributed by atoms with van der Waals surface area (Å²) in [5.41, 5.74) is 0. The van der Waals surface area contributed by atoms with E-state index in [1.54, 1.807) is 4.90 Å². The van der Waals surface area contributed by atoms with Gasteiger partial charge in [-0.25, -0.2) is 4.99 Å². The summed E-state index contributed by atoms with van der Waals surface area (Å²) in [5, 5.41) is 9.31. The average molecular weight is 311 g/mol. The van der Waals surface area contributed by atoms with E-state index in [0.29, 0.717) is 37.4 Å². The Hall–Kier alpha value is -1.86. The summed E-state index contributed by atoms with van der Waals surface area (Å²) in [6, 6.07) is 0.643. The molecule has 0 atom stereocenters. The van der Waals surface area contributed by atoms with Gasteiger partial charge in [0.25, 0.3) is 11.1 Å². The van der Waals surface area contributed by atoms with E-state index >= 15 is 0 Å². The topological polar surface area (TPSA) is 94.3 Å². The van der Waals surface area contributed by atoms with Gasteiger partial charge in [0.15, 0.2) is 0 Å². The average Bonchev–Trinajstić information content (AvgIpc) is 3.42. The highest BCUT2D eigenvalue weighted by atomic mass is 16.9. The molecule has 2 fully saturated rings. The lowest BCUT2D eigenvalue weighted by atomic mass is 10.0. The summed E-state index contributed by atoms with van der Waals surface area (Å²) in [6.45, 7) is 1.05. The molecule has 122 valence electrons. The third-order valence-corrected chi connectivity index (χ3v) is 4.28. The van der Waals surface area contributed by atoms with Gasteiger partial charge in [0.2, 0.25) is 5.91 Å². The standard InChI is InChI=1S/C14H21N3O5/c18-12(2-1-8-22-17(19)20)16(14-15-7-9-21-14)13(10-3-4-10)11-5-6-11/h10-11,13H,1-9H2. The number of ether oxygens (including phenoxy) is 1. The number of hydrogen-bond acceptors (Lipinski definition) is 6. The Bertz CT molecular complexity index is 461. The van der Waals surface area contributed by atoms with Gasteiger partial charge in [-0.05, 0) is 43.9 Å². The molecular formula is C14H21N3O5. The molecule has 0 aromatic carbocycles. The summed E-state index contributed by atoms with van der Waals surface area (Å²) >= 11 is 0. The Morgan fingerprint density at radius 1 is 1.41 bits per heavy atom. The van der Waals surface area contributed by atoms with Crippen LogP contribution in [0.2, 0.25) is 0 Å². The van der Waals surface area contributed by atoms with Gasteiger partial charge in [0.05, 0.1) is 13.2 Å². The fourth-order valence-corrected chi connectivity index (χ4v) is 3.04. The molecule has 0 aromatic rings. The highest BCUT2D eigenvalue weighted by Crippen LogP contribution is 2.47. The molecule has 0 aromatic heterocycles. The first-order chi connectivity index (χ1) is 10.7. The Balaban J connectivity index is 1.62. The van der Waals surface area contributed by atoms with E-state index in [-0.39, 0.29) is 25.0 Å². The van der Waals surface area contributed by atoms with Crippen LogP contribution in [0.25, 0.3) is 0 Å². The molecule has 8 heteroatoms. The molecule has 0 bridgehead atoms. The number of amides is 1. The number of carbonyl (C=O) groups is 1. The van der Waals surface area contributed by atoms with E-state index in [9.17, 15) is 14.9 Å². The largest absolute Gasteiger partial charge is 0.463 e. The summed E-state index contributed by atoms with van der Waals surface area (Å²) < 4.78 is 5.53. The van der Waals surface area contributed by atoms with Crippen LogP contribution in [0.4, 0.5) is 0 Å². The molecular weight excluding hydrogens is 290 g/mol. The molecule has 3 rings (SSSR count). The van der Waals surface area contributed by atoms with Gasteiger partial charge >= 0.3 is 0 Å². The van der Waals surface area contributed by atoms with Crippen LogP contribution in [-0.2, 0) is 14.4 Å². The van der Waals surface area contributed by atoms with Crippen LogP contribution < -0.4 is 0 Å². The Morgan fingerprint density at radius 3 is 2.59 bits per heavy atom. The van der Waals surface area contributed by atoms with Gasteiger partial charge in [0, 0.05) is 12.5 Å². The predicted molar refractivity (Wildman–Crippen MR) is 76.5 cm³/mol. The fourth-order valence-electron chi connectivity index (χ4n) is 3.04. The van der Waals surface area contributed by atoms with E-state index in [4.69, 9.17) is 4.74 Å². The summed E-state index contributed by atoms with van der Waals surface area (Å²) in [6.07, 6.45) is 5.16. The van der Waals surface area contributed by atoms with Gasteiger partial charge in [-0.3, -0.25) is 9.69 Å². The lowest BCUT2D eigenvalue weighted by Gasteiger charge is -2.31. The van der Waals surface area contributed by atoms with Gasteiger partial charge in [-0.1, -0.05) is 0 Å². The summed E-state index contributed by atoms with van der Waals surface area (Å²) in [4.78, 5) is 33.1. The molecule has 0 radical (unpaired) electrons. The lowest BCUT2D eigenvalue weighted by molar-refractivity contribution is -0.757. The summed E-state index contributed by atoms with van der Waals surface area (Å²) in [7, 11) is 0. The van der Waals surface area contributed by atoms with E-state index in [1.807, 2.05) is 0 Å². The van der Waals surface area contributed by atoms with Crippen molar-refractivity contribution in [1.82, 2.24) is 4.90 Å². The first-order valence-corrected chi connectivity index (χ1v) is 7.93. The minimum atomic E-state index is -0.830. The van der Waals surface area contributed by atoms with Gasteiger partial charge in [-0.2, -0.15) is 0 Å². The molecule has 2 saturated carbocycles. The molecule has 0 saturated heterocycles. The number of rotatable bonds is 8.